The van der Waals surface area contributed by atoms with Crippen molar-refractivity contribution >= 4 is 33.9 Å². The monoisotopic (exact) mass is 338 g/mol. The first kappa shape index (κ1) is 16.1. The predicted octanol–water partition coefficient (Wildman–Crippen LogP) is 4.66. The van der Waals surface area contributed by atoms with E-state index in [4.69, 9.17) is 0 Å². The van der Waals surface area contributed by atoms with Gasteiger partial charge in [-0.15, -0.1) is 11.3 Å². The molecule has 2 N–H and O–H groups in total. The molecule has 3 aromatic rings. The second-order valence-corrected chi connectivity index (χ2v) is 6.47. The van der Waals surface area contributed by atoms with Gasteiger partial charge in [0.1, 0.15) is 11.5 Å². The maximum absolute atomic E-state index is 12.3. The van der Waals surface area contributed by atoms with E-state index < -0.39 is 0 Å². The summed E-state index contributed by atoms with van der Waals surface area (Å²) in [5, 5.41) is 8.30. The van der Waals surface area contributed by atoms with Gasteiger partial charge in [-0.05, 0) is 35.7 Å². The van der Waals surface area contributed by atoms with Crippen LogP contribution in [0, 0.1) is 0 Å². The first-order valence-corrected chi connectivity index (χ1v) is 8.54. The van der Waals surface area contributed by atoms with E-state index in [9.17, 15) is 4.79 Å². The Morgan fingerprint density at radius 1 is 1.12 bits per heavy atom. The van der Waals surface area contributed by atoms with Crippen molar-refractivity contribution < 1.29 is 4.79 Å². The zero-order valence-electron chi connectivity index (χ0n) is 13.5. The van der Waals surface area contributed by atoms with Gasteiger partial charge in [0.15, 0.2) is 5.13 Å². The van der Waals surface area contributed by atoms with E-state index in [0.29, 0.717) is 22.6 Å². The van der Waals surface area contributed by atoms with Gasteiger partial charge in [-0.2, -0.15) is 0 Å². The lowest BCUT2D eigenvalue weighted by molar-refractivity contribution is 0.102. The van der Waals surface area contributed by atoms with Crippen LogP contribution in [0.4, 0.5) is 16.6 Å². The molecule has 0 aliphatic carbocycles. The fourth-order valence-electron chi connectivity index (χ4n) is 2.13. The fraction of sp³-hybridized carbons (Fsp3) is 0.167. The van der Waals surface area contributed by atoms with Crippen LogP contribution in [0.25, 0.3) is 0 Å². The van der Waals surface area contributed by atoms with Crippen molar-refractivity contribution in [3.63, 3.8) is 0 Å². The highest BCUT2D eigenvalue weighted by Crippen LogP contribution is 2.21. The molecule has 6 heteroatoms. The largest absolute Gasteiger partial charge is 0.321 e. The molecule has 0 radical (unpaired) electrons. The Bertz CT molecular complexity index is 813. The molecule has 122 valence electrons. The van der Waals surface area contributed by atoms with Crippen molar-refractivity contribution in [3.05, 3.63) is 65.3 Å². The van der Waals surface area contributed by atoms with Crippen LogP contribution < -0.4 is 10.6 Å². The van der Waals surface area contributed by atoms with Crippen LogP contribution in [0.15, 0.2) is 54.0 Å². The molecular formula is C18H18N4OS. The van der Waals surface area contributed by atoms with Crippen molar-refractivity contribution in [2.45, 2.75) is 19.8 Å². The molecule has 0 fully saturated rings. The molecule has 2 aromatic heterocycles. The average molecular weight is 338 g/mol. The third-order valence-electron chi connectivity index (χ3n) is 3.47. The SMILES string of the molecule is CC(C)c1ccc(NC(=O)c2csc(Nc3ccccn3)n2)cc1. The van der Waals surface area contributed by atoms with Gasteiger partial charge in [-0.1, -0.05) is 32.0 Å². The molecule has 24 heavy (non-hydrogen) atoms. The number of aromatic nitrogens is 2. The lowest BCUT2D eigenvalue weighted by Crippen LogP contribution is -2.12. The Hall–Kier alpha value is -2.73. The first-order valence-electron chi connectivity index (χ1n) is 7.67. The molecule has 0 bridgehead atoms. The Morgan fingerprint density at radius 3 is 2.58 bits per heavy atom. The minimum atomic E-state index is -0.224. The molecule has 5 nitrogen and oxygen atoms in total. The summed E-state index contributed by atoms with van der Waals surface area (Å²) in [4.78, 5) is 20.8. The highest BCUT2D eigenvalue weighted by molar-refractivity contribution is 7.14. The standard InChI is InChI=1S/C18H18N4OS/c1-12(2)13-6-8-14(9-7-13)20-17(23)15-11-24-18(21-15)22-16-5-3-4-10-19-16/h3-12H,1-2H3,(H,20,23)(H,19,21,22). The van der Waals surface area contributed by atoms with Gasteiger partial charge in [-0.3, -0.25) is 4.79 Å². The van der Waals surface area contributed by atoms with Crippen LogP contribution in [0.3, 0.4) is 0 Å². The molecule has 2 heterocycles. The molecule has 0 aliphatic rings. The normalized spacial score (nSPS) is 10.6. The van der Waals surface area contributed by atoms with Crippen LogP contribution in [-0.2, 0) is 0 Å². The quantitative estimate of drug-likeness (QED) is 0.710. The van der Waals surface area contributed by atoms with Crippen molar-refractivity contribution in [2.24, 2.45) is 0 Å². The van der Waals surface area contributed by atoms with Crippen molar-refractivity contribution in [3.8, 4) is 0 Å². The summed E-state index contributed by atoms with van der Waals surface area (Å²) in [6.07, 6.45) is 1.70. The maximum Gasteiger partial charge on any atom is 0.275 e. The van der Waals surface area contributed by atoms with Crippen molar-refractivity contribution in [1.82, 2.24) is 9.97 Å². The Labute approximate surface area is 144 Å². The van der Waals surface area contributed by atoms with Crippen molar-refractivity contribution in [2.75, 3.05) is 10.6 Å². The summed E-state index contributed by atoms with van der Waals surface area (Å²) in [6.45, 7) is 4.28. The number of nitrogens with one attached hydrogen (secondary N) is 2. The Balaban J connectivity index is 1.65. The van der Waals surface area contributed by atoms with Gasteiger partial charge in [0.25, 0.3) is 5.91 Å². The van der Waals surface area contributed by atoms with Gasteiger partial charge in [0.2, 0.25) is 0 Å². The van der Waals surface area contributed by atoms with Crippen LogP contribution in [-0.4, -0.2) is 15.9 Å². The van der Waals surface area contributed by atoms with E-state index in [1.807, 2.05) is 42.5 Å². The number of anilines is 3. The minimum absolute atomic E-state index is 0.224. The summed E-state index contributed by atoms with van der Waals surface area (Å²) in [5.41, 5.74) is 2.38. The van der Waals surface area contributed by atoms with E-state index in [1.54, 1.807) is 11.6 Å². The Kier molecular flexibility index (Phi) is 4.86. The zero-order valence-corrected chi connectivity index (χ0v) is 14.3. The summed E-state index contributed by atoms with van der Waals surface area (Å²) in [6, 6.07) is 13.4. The number of pyridine rings is 1. The second-order valence-electron chi connectivity index (χ2n) is 5.61. The van der Waals surface area contributed by atoms with Gasteiger partial charge in [0, 0.05) is 17.3 Å². The summed E-state index contributed by atoms with van der Waals surface area (Å²) < 4.78 is 0. The molecule has 3 rings (SSSR count). The van der Waals surface area contributed by atoms with E-state index in [1.165, 1.54) is 16.9 Å². The highest BCUT2D eigenvalue weighted by atomic mass is 32.1. The fourth-order valence-corrected chi connectivity index (χ4v) is 2.83. The number of hydrogen-bond acceptors (Lipinski definition) is 5. The van der Waals surface area contributed by atoms with Gasteiger partial charge >= 0.3 is 0 Å². The maximum atomic E-state index is 12.3. The zero-order chi connectivity index (χ0) is 16.9. The van der Waals surface area contributed by atoms with Crippen LogP contribution in [0.2, 0.25) is 0 Å². The summed E-state index contributed by atoms with van der Waals surface area (Å²) in [7, 11) is 0. The number of amides is 1. The first-order chi connectivity index (χ1) is 11.6. The molecule has 0 unspecified atom stereocenters. The van der Waals surface area contributed by atoms with Crippen LogP contribution in [0.1, 0.15) is 35.8 Å². The lowest BCUT2D eigenvalue weighted by Gasteiger charge is -2.07. The molecule has 1 amide bonds. The number of thiazole rings is 1. The molecule has 0 aliphatic heterocycles. The molecule has 1 aromatic carbocycles. The molecule has 0 spiro atoms. The van der Waals surface area contributed by atoms with E-state index in [0.717, 1.165) is 5.69 Å². The second kappa shape index (κ2) is 7.23. The van der Waals surface area contributed by atoms with Gasteiger partial charge < -0.3 is 10.6 Å². The van der Waals surface area contributed by atoms with Gasteiger partial charge in [0.05, 0.1) is 0 Å². The van der Waals surface area contributed by atoms with E-state index >= 15 is 0 Å². The molecule has 0 saturated heterocycles. The van der Waals surface area contributed by atoms with Crippen molar-refractivity contribution in [1.29, 1.82) is 0 Å². The van der Waals surface area contributed by atoms with E-state index in [2.05, 4.69) is 34.4 Å². The summed E-state index contributed by atoms with van der Waals surface area (Å²) in [5.74, 6) is 0.939. The molecular weight excluding hydrogens is 320 g/mol. The topological polar surface area (TPSA) is 66.9 Å². The highest BCUT2D eigenvalue weighted by Gasteiger charge is 2.11. The molecule has 0 saturated carbocycles. The number of carbonyl (C=O) groups is 1. The number of benzene rings is 1. The lowest BCUT2D eigenvalue weighted by atomic mass is 10.0. The molecule has 0 atom stereocenters. The third kappa shape index (κ3) is 3.97. The summed E-state index contributed by atoms with van der Waals surface area (Å²) >= 11 is 1.37. The number of nitrogens with zero attached hydrogens (tertiary/aromatic N) is 2. The number of carbonyl (C=O) groups excluding carboxylic acids is 1. The minimum Gasteiger partial charge on any atom is -0.321 e. The van der Waals surface area contributed by atoms with Crippen LogP contribution in [0.5, 0.6) is 0 Å². The van der Waals surface area contributed by atoms with E-state index in [-0.39, 0.29) is 5.91 Å². The van der Waals surface area contributed by atoms with Crippen LogP contribution >= 0.6 is 11.3 Å². The number of hydrogen-bond donors (Lipinski definition) is 2. The predicted molar refractivity (Wildman–Crippen MR) is 98.1 cm³/mol. The van der Waals surface area contributed by atoms with Gasteiger partial charge in [-0.25, -0.2) is 9.97 Å². The Morgan fingerprint density at radius 2 is 1.92 bits per heavy atom. The third-order valence-corrected chi connectivity index (χ3v) is 4.23. The average Bonchev–Trinajstić information content (AvgIpc) is 3.05. The smallest absolute Gasteiger partial charge is 0.275 e. The number of rotatable bonds is 5.